The van der Waals surface area contributed by atoms with Crippen molar-refractivity contribution < 1.29 is 0 Å². The monoisotopic (exact) mass is 306 g/mol. The van der Waals surface area contributed by atoms with Crippen LogP contribution in [-0.4, -0.2) is 20.0 Å². The Morgan fingerprint density at radius 2 is 1.90 bits per heavy atom. The van der Waals surface area contributed by atoms with Crippen LogP contribution in [0.15, 0.2) is 41.2 Å². The quantitative estimate of drug-likeness (QED) is 0.683. The molecular formula is C13H8Cl2N4O. The average Bonchev–Trinajstić information content (AvgIpc) is 2.46. The first-order valence-corrected chi connectivity index (χ1v) is 6.54. The molecule has 0 fully saturated rings. The Morgan fingerprint density at radius 1 is 1.10 bits per heavy atom. The zero-order valence-corrected chi connectivity index (χ0v) is 11.6. The van der Waals surface area contributed by atoms with E-state index in [9.17, 15) is 4.79 Å². The van der Waals surface area contributed by atoms with Crippen molar-refractivity contribution in [2.45, 2.75) is 6.54 Å². The van der Waals surface area contributed by atoms with E-state index >= 15 is 0 Å². The van der Waals surface area contributed by atoms with Crippen molar-refractivity contribution in [1.82, 2.24) is 20.0 Å². The number of rotatable bonds is 2. The number of hydrogen-bond donors (Lipinski definition) is 0. The van der Waals surface area contributed by atoms with Gasteiger partial charge in [-0.05, 0) is 24.3 Å². The number of aromatic nitrogens is 4. The van der Waals surface area contributed by atoms with E-state index in [2.05, 4.69) is 15.3 Å². The molecule has 7 heteroatoms. The first kappa shape index (κ1) is 13.0. The van der Waals surface area contributed by atoms with Crippen LogP contribution in [0.3, 0.4) is 0 Å². The summed E-state index contributed by atoms with van der Waals surface area (Å²) < 4.78 is 1.22. The van der Waals surface area contributed by atoms with Crippen LogP contribution in [0.2, 0.25) is 10.2 Å². The van der Waals surface area contributed by atoms with Crippen molar-refractivity contribution in [3.63, 3.8) is 0 Å². The molecule has 0 unspecified atom stereocenters. The lowest BCUT2D eigenvalue weighted by molar-refractivity contribution is 0.592. The van der Waals surface area contributed by atoms with Gasteiger partial charge in [-0.15, -0.1) is 5.10 Å². The van der Waals surface area contributed by atoms with Gasteiger partial charge in [-0.3, -0.25) is 4.79 Å². The third-order valence-corrected chi connectivity index (χ3v) is 3.37. The largest absolute Gasteiger partial charge is 0.277 e. The SMILES string of the molecule is O=c1c2ccccc2nnn1Cc1nc(Cl)ccc1Cl. The Hall–Kier alpha value is -1.98. The summed E-state index contributed by atoms with van der Waals surface area (Å²) in [6.07, 6.45) is 0. The van der Waals surface area contributed by atoms with Gasteiger partial charge in [0.25, 0.3) is 5.56 Å². The molecule has 2 aromatic heterocycles. The van der Waals surface area contributed by atoms with Crippen LogP contribution in [0.25, 0.3) is 10.9 Å². The highest BCUT2D eigenvalue weighted by molar-refractivity contribution is 6.32. The Bertz CT molecular complexity index is 847. The van der Waals surface area contributed by atoms with Crippen LogP contribution in [-0.2, 0) is 6.54 Å². The Kier molecular flexibility index (Phi) is 3.38. The van der Waals surface area contributed by atoms with Gasteiger partial charge < -0.3 is 0 Å². The zero-order chi connectivity index (χ0) is 14.1. The van der Waals surface area contributed by atoms with Gasteiger partial charge in [-0.1, -0.05) is 40.5 Å². The fourth-order valence-corrected chi connectivity index (χ4v) is 2.17. The lowest BCUT2D eigenvalue weighted by Gasteiger charge is -2.06. The van der Waals surface area contributed by atoms with Gasteiger partial charge in [-0.25, -0.2) is 9.67 Å². The number of benzene rings is 1. The molecule has 0 saturated heterocycles. The van der Waals surface area contributed by atoms with Gasteiger partial charge in [0, 0.05) is 0 Å². The van der Waals surface area contributed by atoms with Crippen molar-refractivity contribution in [1.29, 1.82) is 0 Å². The summed E-state index contributed by atoms with van der Waals surface area (Å²) >= 11 is 11.9. The molecule has 1 aromatic carbocycles. The lowest BCUT2D eigenvalue weighted by atomic mass is 10.2. The number of hydrogen-bond acceptors (Lipinski definition) is 4. The molecule has 0 spiro atoms. The van der Waals surface area contributed by atoms with Crippen molar-refractivity contribution >= 4 is 34.1 Å². The van der Waals surface area contributed by atoms with Gasteiger partial charge in [0.1, 0.15) is 10.7 Å². The maximum absolute atomic E-state index is 12.3. The molecule has 0 radical (unpaired) electrons. The molecule has 0 aliphatic heterocycles. The van der Waals surface area contributed by atoms with Gasteiger partial charge in [-0.2, -0.15) is 0 Å². The van der Waals surface area contributed by atoms with Gasteiger partial charge in [0.15, 0.2) is 0 Å². The Labute approximate surface area is 123 Å². The highest BCUT2D eigenvalue weighted by Crippen LogP contribution is 2.17. The normalized spacial score (nSPS) is 10.9. The second-order valence-electron chi connectivity index (χ2n) is 4.13. The maximum Gasteiger partial charge on any atom is 0.277 e. The number of nitrogens with zero attached hydrogens (tertiary/aromatic N) is 4. The van der Waals surface area contributed by atoms with Crippen molar-refractivity contribution in [2.75, 3.05) is 0 Å². The number of fused-ring (bicyclic) bond motifs is 1. The summed E-state index contributed by atoms with van der Waals surface area (Å²) in [6.45, 7) is 0.121. The lowest BCUT2D eigenvalue weighted by Crippen LogP contribution is -2.25. The summed E-state index contributed by atoms with van der Waals surface area (Å²) in [5, 5.41) is 9.12. The first-order chi connectivity index (χ1) is 9.65. The topological polar surface area (TPSA) is 60.7 Å². The first-order valence-electron chi connectivity index (χ1n) is 5.78. The molecule has 0 atom stereocenters. The molecule has 3 rings (SSSR count). The summed E-state index contributed by atoms with van der Waals surface area (Å²) in [5.74, 6) is 0. The molecular weight excluding hydrogens is 299 g/mol. The van der Waals surface area contributed by atoms with E-state index in [0.717, 1.165) is 0 Å². The number of halogens is 2. The minimum Gasteiger partial charge on any atom is -0.267 e. The van der Waals surface area contributed by atoms with Crippen LogP contribution in [0.5, 0.6) is 0 Å². The van der Waals surface area contributed by atoms with E-state index in [1.165, 1.54) is 4.68 Å². The van der Waals surface area contributed by atoms with Crippen molar-refractivity contribution in [2.24, 2.45) is 0 Å². The molecule has 0 aliphatic rings. The van der Waals surface area contributed by atoms with Gasteiger partial charge >= 0.3 is 0 Å². The zero-order valence-electron chi connectivity index (χ0n) is 10.1. The van der Waals surface area contributed by atoms with Crippen LogP contribution < -0.4 is 5.56 Å². The molecule has 0 aliphatic carbocycles. The molecule has 0 N–H and O–H groups in total. The molecule has 100 valence electrons. The van der Waals surface area contributed by atoms with Crippen LogP contribution in [0, 0.1) is 0 Å². The van der Waals surface area contributed by atoms with Crippen LogP contribution in [0.1, 0.15) is 5.69 Å². The number of pyridine rings is 1. The highest BCUT2D eigenvalue weighted by atomic mass is 35.5. The average molecular weight is 307 g/mol. The predicted octanol–water partition coefficient (Wildman–Crippen LogP) is 2.54. The van der Waals surface area contributed by atoms with Crippen LogP contribution >= 0.6 is 23.2 Å². The van der Waals surface area contributed by atoms with Crippen molar-refractivity contribution in [3.8, 4) is 0 Å². The van der Waals surface area contributed by atoms with Crippen LogP contribution in [0.4, 0.5) is 0 Å². The molecule has 0 bridgehead atoms. The molecule has 0 saturated carbocycles. The molecule has 2 heterocycles. The summed E-state index contributed by atoms with van der Waals surface area (Å²) in [7, 11) is 0. The van der Waals surface area contributed by atoms with E-state index in [-0.39, 0.29) is 12.1 Å². The third kappa shape index (κ3) is 2.37. The smallest absolute Gasteiger partial charge is 0.267 e. The highest BCUT2D eigenvalue weighted by Gasteiger charge is 2.09. The van der Waals surface area contributed by atoms with Gasteiger partial charge in [0.05, 0.1) is 22.6 Å². The van der Waals surface area contributed by atoms with E-state index in [1.807, 2.05) is 0 Å². The molecule has 20 heavy (non-hydrogen) atoms. The maximum atomic E-state index is 12.3. The van der Waals surface area contributed by atoms with Crippen molar-refractivity contribution in [3.05, 3.63) is 62.6 Å². The Morgan fingerprint density at radius 3 is 2.75 bits per heavy atom. The minimum atomic E-state index is -0.242. The third-order valence-electron chi connectivity index (χ3n) is 2.81. The summed E-state index contributed by atoms with van der Waals surface area (Å²) in [4.78, 5) is 16.4. The van der Waals surface area contributed by atoms with E-state index < -0.39 is 0 Å². The van der Waals surface area contributed by atoms with E-state index in [1.54, 1.807) is 36.4 Å². The predicted molar refractivity (Wildman–Crippen MR) is 77.2 cm³/mol. The van der Waals surface area contributed by atoms with E-state index in [4.69, 9.17) is 23.2 Å². The minimum absolute atomic E-state index is 0.121. The standard InChI is InChI=1S/C13H8Cl2N4O/c14-9-5-6-12(15)16-11(9)7-19-13(20)8-3-1-2-4-10(8)17-18-19/h1-6H,7H2. The Balaban J connectivity index is 2.09. The van der Waals surface area contributed by atoms with Gasteiger partial charge in [0.2, 0.25) is 0 Å². The second-order valence-corrected chi connectivity index (χ2v) is 4.93. The summed E-state index contributed by atoms with van der Waals surface area (Å²) in [6, 6.07) is 10.2. The molecule has 3 aromatic rings. The second kappa shape index (κ2) is 5.19. The fraction of sp³-hybridized carbons (Fsp3) is 0.0769. The molecule has 5 nitrogen and oxygen atoms in total. The summed E-state index contributed by atoms with van der Waals surface area (Å²) in [5.41, 5.74) is 0.790. The molecule has 0 amide bonds. The van der Waals surface area contributed by atoms with E-state index in [0.29, 0.717) is 26.8 Å². The fourth-order valence-electron chi connectivity index (χ4n) is 1.84.